The minimum Gasteiger partial charge on any atom is -0.294 e. The van der Waals surface area contributed by atoms with Crippen LogP contribution in [0.4, 0.5) is 0 Å². The Bertz CT molecular complexity index is 1370. The zero-order chi connectivity index (χ0) is 45.5. The number of nitrogens with zero attached hydrogens (tertiary/aromatic N) is 2. The van der Waals surface area contributed by atoms with E-state index in [1.165, 1.54) is 180 Å². The van der Waals surface area contributed by atoms with Gasteiger partial charge in [-0.05, 0) is 225 Å². The van der Waals surface area contributed by atoms with E-state index in [4.69, 9.17) is 0 Å². The van der Waals surface area contributed by atoms with E-state index >= 15 is 0 Å². The summed E-state index contributed by atoms with van der Waals surface area (Å²) in [4.78, 5) is 7.12. The fourth-order valence-electron chi connectivity index (χ4n) is 20.6. The van der Waals surface area contributed by atoms with Crippen LogP contribution in [0.2, 0.25) is 0 Å². The first-order valence-electron chi connectivity index (χ1n) is 32.6. The van der Waals surface area contributed by atoms with E-state index in [-0.39, 0.29) is 0 Å². The smallest absolute Gasteiger partial charge is 0.0164 e. The summed E-state index contributed by atoms with van der Waals surface area (Å²) in [5, 5.41) is 0. The minimum atomic E-state index is 0.859. The van der Waals surface area contributed by atoms with Crippen molar-refractivity contribution in [3.8, 4) is 0 Å². The molecule has 0 aliphatic heterocycles. The van der Waals surface area contributed by atoms with Crippen LogP contribution in [0.5, 0.6) is 0 Å². The molecular weight excluding hydrogens is 821 g/mol. The molecule has 0 N–H and O–H groups in total. The average molecular weight is 932 g/mol. The minimum absolute atomic E-state index is 0.859. The molecule has 11 saturated carbocycles. The van der Waals surface area contributed by atoms with Crippen molar-refractivity contribution < 1.29 is 0 Å². The Morgan fingerprint density at radius 1 is 0.191 bits per heavy atom. The van der Waals surface area contributed by atoms with E-state index in [1.54, 1.807) is 103 Å². The van der Waals surface area contributed by atoms with E-state index in [0.717, 1.165) is 107 Å². The third kappa shape index (κ3) is 11.8. The molecule has 0 radical (unpaired) electrons. The van der Waals surface area contributed by atoms with Crippen molar-refractivity contribution >= 4 is 0 Å². The van der Waals surface area contributed by atoms with Gasteiger partial charge < -0.3 is 0 Å². The molecule has 0 aromatic rings. The van der Waals surface area contributed by atoms with Crippen LogP contribution >= 0.6 is 0 Å². The van der Waals surface area contributed by atoms with Gasteiger partial charge in [0.1, 0.15) is 0 Å². The molecule has 0 aromatic carbocycles. The lowest BCUT2D eigenvalue weighted by molar-refractivity contribution is -0.149. The Hall–Kier alpha value is -0.600. The number of hydrogen-bond donors (Lipinski definition) is 0. The molecule has 68 heavy (non-hydrogen) atoms. The molecule has 0 aromatic heterocycles. The summed E-state index contributed by atoms with van der Waals surface area (Å²) in [6.45, 7) is 0. The lowest BCUT2D eigenvalue weighted by Gasteiger charge is -2.64. The van der Waals surface area contributed by atoms with E-state index in [9.17, 15) is 0 Å². The molecule has 0 spiro atoms. The molecule has 2 nitrogen and oxygen atoms in total. The SMILES string of the molecule is C(=C\C1CCC(N(C2CCC(C3CCCCC3)CC2)C2C3CCCCC3C(N(C3CCC(/C=C/C4CCCCC4)CC3)C3CCC(C4CCCCC4)CC3)C3CCCCC32)CC1)/C1CCCCC1. The predicted molar refractivity (Wildman–Crippen MR) is 290 cm³/mol. The van der Waals surface area contributed by atoms with Crippen LogP contribution in [0.1, 0.15) is 283 Å². The third-order valence-electron chi connectivity index (χ3n) is 24.1. The molecule has 4 unspecified atom stereocenters. The highest BCUT2D eigenvalue weighted by Crippen LogP contribution is 2.58. The maximum absolute atomic E-state index is 3.56. The van der Waals surface area contributed by atoms with Crippen LogP contribution in [0.15, 0.2) is 24.3 Å². The molecule has 11 aliphatic rings. The van der Waals surface area contributed by atoms with Crippen molar-refractivity contribution in [2.45, 2.75) is 319 Å². The highest BCUT2D eigenvalue weighted by atomic mass is 15.3. The van der Waals surface area contributed by atoms with Gasteiger partial charge in [-0.1, -0.05) is 153 Å². The first-order chi connectivity index (χ1) is 33.7. The van der Waals surface area contributed by atoms with Gasteiger partial charge in [-0.2, -0.15) is 0 Å². The number of allylic oxidation sites excluding steroid dienone is 4. The first kappa shape index (κ1) is 49.6. The lowest BCUT2D eigenvalue weighted by atomic mass is 9.53. The molecule has 11 rings (SSSR count). The fourth-order valence-corrected chi connectivity index (χ4v) is 20.6. The number of rotatable bonds is 12. The van der Waals surface area contributed by atoms with Gasteiger partial charge in [0.2, 0.25) is 0 Å². The summed E-state index contributed by atoms with van der Waals surface area (Å²) in [7, 11) is 0. The lowest BCUT2D eigenvalue weighted by Crippen LogP contribution is -2.69. The zero-order valence-electron chi connectivity index (χ0n) is 44.7. The summed E-state index contributed by atoms with van der Waals surface area (Å²) in [5.74, 6) is 11.6. The van der Waals surface area contributed by atoms with Crippen molar-refractivity contribution in [3.63, 3.8) is 0 Å². The maximum atomic E-state index is 3.56. The second kappa shape index (κ2) is 24.6. The van der Waals surface area contributed by atoms with E-state index < -0.39 is 0 Å². The Kier molecular flexibility index (Phi) is 18.0. The van der Waals surface area contributed by atoms with Crippen molar-refractivity contribution in [2.24, 2.45) is 71.0 Å². The molecular formula is C66H110N2. The quantitative estimate of drug-likeness (QED) is 0.180. The third-order valence-corrected chi connectivity index (χ3v) is 24.1. The zero-order valence-corrected chi connectivity index (χ0v) is 44.7. The summed E-state index contributed by atoms with van der Waals surface area (Å²) < 4.78 is 0. The summed E-state index contributed by atoms with van der Waals surface area (Å²) in [6, 6.07) is 5.26. The Labute approximate surface area is 422 Å². The first-order valence-corrected chi connectivity index (χ1v) is 32.6. The number of hydrogen-bond acceptors (Lipinski definition) is 2. The Morgan fingerprint density at radius 2 is 0.412 bits per heavy atom. The summed E-state index contributed by atoms with van der Waals surface area (Å²) >= 11 is 0. The molecule has 0 heterocycles. The molecule has 384 valence electrons. The molecule has 2 heteroatoms. The van der Waals surface area contributed by atoms with Gasteiger partial charge in [0.25, 0.3) is 0 Å². The van der Waals surface area contributed by atoms with Gasteiger partial charge in [0.05, 0.1) is 0 Å². The van der Waals surface area contributed by atoms with E-state index in [0.29, 0.717) is 0 Å². The predicted octanol–water partition coefficient (Wildman–Crippen LogP) is 18.6. The molecule has 4 atom stereocenters. The Morgan fingerprint density at radius 3 is 0.706 bits per heavy atom. The largest absolute Gasteiger partial charge is 0.294 e. The van der Waals surface area contributed by atoms with Crippen LogP contribution in [0, 0.1) is 71.0 Å². The highest BCUT2D eigenvalue weighted by molar-refractivity contribution is 5.11. The second-order valence-corrected chi connectivity index (χ2v) is 27.7. The second-order valence-electron chi connectivity index (χ2n) is 27.7. The van der Waals surface area contributed by atoms with Gasteiger partial charge in [-0.15, -0.1) is 0 Å². The monoisotopic (exact) mass is 931 g/mol. The van der Waals surface area contributed by atoms with Gasteiger partial charge in [0.15, 0.2) is 0 Å². The molecule has 0 bridgehead atoms. The fraction of sp³-hybridized carbons (Fsp3) is 0.939. The van der Waals surface area contributed by atoms with Crippen molar-refractivity contribution in [3.05, 3.63) is 24.3 Å². The van der Waals surface area contributed by atoms with Gasteiger partial charge >= 0.3 is 0 Å². The molecule has 11 aliphatic carbocycles. The van der Waals surface area contributed by atoms with Gasteiger partial charge in [-0.25, -0.2) is 0 Å². The van der Waals surface area contributed by atoms with Crippen molar-refractivity contribution in [1.29, 1.82) is 0 Å². The van der Waals surface area contributed by atoms with E-state index in [2.05, 4.69) is 34.1 Å². The van der Waals surface area contributed by atoms with Crippen molar-refractivity contribution in [2.75, 3.05) is 0 Å². The molecule has 11 fully saturated rings. The van der Waals surface area contributed by atoms with Crippen LogP contribution in [0.3, 0.4) is 0 Å². The molecule has 0 amide bonds. The standard InChI is InChI=1S/C66H110N2/c1-5-17-49(18-6-1)29-31-51-33-41-57(42-34-51)67(59-45-37-55(38-46-59)53-21-9-3-10-22-53)65-61-25-13-15-27-63(61)66(64-28-16-14-26-62(64)65)68(60-47-39-56(40-48-60)54-23-11-4-12-24-54)58-43-35-52(36-44-58)32-30-50-19-7-2-8-20-50/h29-32,49-66H,1-28,33-48H2/b31-29+,32-30+. The van der Waals surface area contributed by atoms with Gasteiger partial charge in [-0.3, -0.25) is 9.80 Å². The maximum Gasteiger partial charge on any atom is 0.0164 e. The van der Waals surface area contributed by atoms with Crippen LogP contribution in [0.25, 0.3) is 0 Å². The van der Waals surface area contributed by atoms with E-state index in [1.807, 2.05) is 0 Å². The normalized spacial score (nSPS) is 42.7. The summed E-state index contributed by atoms with van der Waals surface area (Å²) in [6.07, 6.45) is 78.0. The molecule has 0 saturated heterocycles. The number of fused-ring (bicyclic) bond motifs is 2. The van der Waals surface area contributed by atoms with Gasteiger partial charge in [0, 0.05) is 36.3 Å². The van der Waals surface area contributed by atoms with Crippen molar-refractivity contribution in [1.82, 2.24) is 9.80 Å². The van der Waals surface area contributed by atoms with Crippen LogP contribution < -0.4 is 0 Å². The van der Waals surface area contributed by atoms with Crippen LogP contribution in [-0.2, 0) is 0 Å². The average Bonchev–Trinajstić information content (AvgIpc) is 3.42. The van der Waals surface area contributed by atoms with Crippen LogP contribution in [-0.4, -0.2) is 46.1 Å². The topological polar surface area (TPSA) is 6.48 Å². The highest BCUT2D eigenvalue weighted by Gasteiger charge is 2.58. The Balaban J connectivity index is 0.866. The summed E-state index contributed by atoms with van der Waals surface area (Å²) in [5.41, 5.74) is 0.